The summed E-state index contributed by atoms with van der Waals surface area (Å²) in [6.07, 6.45) is 5.21. The summed E-state index contributed by atoms with van der Waals surface area (Å²) in [7, 11) is 0. The van der Waals surface area contributed by atoms with Crippen molar-refractivity contribution in [2.24, 2.45) is 0 Å². The molecule has 0 bridgehead atoms. The molecule has 8 heteroatoms. The smallest absolute Gasteiger partial charge is 0.509 e. The molecule has 5 nitrogen and oxygen atoms in total. The van der Waals surface area contributed by atoms with E-state index in [0.29, 0.717) is 39.4 Å². The first-order valence-corrected chi connectivity index (χ1v) is 14.3. The number of alkyl halides is 2. The van der Waals surface area contributed by atoms with Crippen molar-refractivity contribution in [3.63, 3.8) is 0 Å². The minimum Gasteiger partial charge on any atom is -0.509 e. The molecule has 0 radical (unpaired) electrons. The zero-order valence-electron chi connectivity index (χ0n) is 24.8. The fourth-order valence-corrected chi connectivity index (χ4v) is 5.91. The van der Waals surface area contributed by atoms with E-state index in [1.54, 1.807) is 17.1 Å². The van der Waals surface area contributed by atoms with Crippen molar-refractivity contribution in [3.05, 3.63) is 131 Å². The first-order chi connectivity index (χ1) is 21.4. The molecular weight excluding hydrogens is 750 g/mol. The summed E-state index contributed by atoms with van der Waals surface area (Å²) < 4.78 is 38.2. The Morgan fingerprint density at radius 3 is 2.31 bits per heavy atom. The quantitative estimate of drug-likeness (QED) is 0.152. The van der Waals surface area contributed by atoms with E-state index in [4.69, 9.17) is 4.74 Å². The Balaban J connectivity index is 0.00000357. The molecule has 0 aliphatic heterocycles. The van der Waals surface area contributed by atoms with Crippen LogP contribution in [0.1, 0.15) is 27.8 Å². The second-order valence-electron chi connectivity index (χ2n) is 10.9. The van der Waals surface area contributed by atoms with Crippen LogP contribution in [0.5, 0.6) is 11.5 Å². The average molecular weight is 778 g/mol. The number of nitrogens with zero attached hydrogens (tertiary/aromatic N) is 4. The summed E-state index contributed by atoms with van der Waals surface area (Å²) in [6, 6.07) is 30.3. The van der Waals surface area contributed by atoms with Gasteiger partial charge < -0.3 is 9.30 Å². The van der Waals surface area contributed by atoms with Crippen molar-refractivity contribution in [1.82, 2.24) is 19.3 Å². The van der Waals surface area contributed by atoms with Gasteiger partial charge in [-0.2, -0.15) is 17.2 Å². The van der Waals surface area contributed by atoms with Crippen molar-refractivity contribution in [2.75, 3.05) is 0 Å². The van der Waals surface area contributed by atoms with Gasteiger partial charge in [0.1, 0.15) is 19.2 Å². The van der Waals surface area contributed by atoms with Gasteiger partial charge in [-0.3, -0.25) is 4.68 Å². The van der Waals surface area contributed by atoms with Crippen LogP contribution in [-0.2, 0) is 34.4 Å². The number of hydrogen-bond donors (Lipinski definition) is 0. The van der Waals surface area contributed by atoms with Crippen molar-refractivity contribution in [2.45, 2.75) is 34.1 Å². The summed E-state index contributed by atoms with van der Waals surface area (Å²) in [4.78, 5) is 4.64. The Kier molecular flexibility index (Phi) is 8.39. The minimum absolute atomic E-state index is 0. The normalized spacial score (nSPS) is 11.2. The van der Waals surface area contributed by atoms with E-state index in [-0.39, 0.29) is 21.1 Å². The van der Waals surface area contributed by atoms with Gasteiger partial charge in [0, 0.05) is 35.0 Å². The largest absolute Gasteiger partial charge is 2.00 e. The summed E-state index contributed by atoms with van der Waals surface area (Å²) in [6.45, 7) is 4.36. The van der Waals surface area contributed by atoms with Gasteiger partial charge in [0.2, 0.25) is 0 Å². The molecular formula is C37H28F2N4OPt. The fourth-order valence-electron chi connectivity index (χ4n) is 5.91. The van der Waals surface area contributed by atoms with Crippen molar-refractivity contribution < 1.29 is 34.6 Å². The third-order valence-electron chi connectivity index (χ3n) is 8.03. The standard InChI is InChI=1S/C37H28F2N4O.Pt/c1-23-13-14-40-36(15-23)43-34-10-5-4-9-30(34)31-12-11-29(18-35(31)43)44-28-8-6-7-27(17-28)42-22-26(21-41-42)37-32(19-38)24(2)16-25(3)33(37)20-39;/h4-16,21-22H,19-20H2,1-3H3;/q-2;+2. The zero-order valence-corrected chi connectivity index (χ0v) is 27.1. The molecule has 0 aliphatic carbocycles. The maximum atomic E-state index is 14.1. The van der Waals surface area contributed by atoms with E-state index in [9.17, 15) is 8.78 Å². The second kappa shape index (κ2) is 12.4. The summed E-state index contributed by atoms with van der Waals surface area (Å²) in [5.74, 6) is 1.81. The van der Waals surface area contributed by atoms with Crippen LogP contribution in [0, 0.1) is 32.9 Å². The number of benzene rings is 4. The van der Waals surface area contributed by atoms with Gasteiger partial charge in [0.05, 0.1) is 6.20 Å². The van der Waals surface area contributed by atoms with Gasteiger partial charge in [-0.05, 0) is 83.4 Å². The number of ether oxygens (including phenoxy) is 1. The van der Waals surface area contributed by atoms with Crippen molar-refractivity contribution in [3.8, 4) is 34.1 Å². The maximum absolute atomic E-state index is 14.1. The van der Waals surface area contributed by atoms with Crippen molar-refractivity contribution in [1.29, 1.82) is 0 Å². The predicted molar refractivity (Wildman–Crippen MR) is 169 cm³/mol. The summed E-state index contributed by atoms with van der Waals surface area (Å²) in [5, 5.41) is 6.66. The molecule has 0 saturated heterocycles. The average Bonchev–Trinajstić information content (AvgIpc) is 3.64. The number of pyridine rings is 1. The van der Waals surface area contributed by atoms with Gasteiger partial charge >= 0.3 is 21.1 Å². The van der Waals surface area contributed by atoms with E-state index in [2.05, 4.69) is 38.9 Å². The van der Waals surface area contributed by atoms with Crippen LogP contribution in [0.2, 0.25) is 0 Å². The SMILES string of the molecule is Cc1ccnc(-n2c3[c-]c(Oc4[c-]c(-n5cc(-c6c(CF)c(C)cc(C)c6CF)cn5)ccc4)ccc3c3ccccc32)c1.[Pt+2]. The molecule has 4 aromatic carbocycles. The molecule has 45 heavy (non-hydrogen) atoms. The van der Waals surface area contributed by atoms with Crippen LogP contribution >= 0.6 is 0 Å². The molecule has 0 N–H and O–H groups in total. The van der Waals surface area contributed by atoms with Crippen LogP contribution < -0.4 is 4.74 Å². The third kappa shape index (κ3) is 5.46. The van der Waals surface area contributed by atoms with Gasteiger partial charge in [-0.1, -0.05) is 29.8 Å². The van der Waals surface area contributed by atoms with Crippen LogP contribution in [0.25, 0.3) is 44.4 Å². The Bertz CT molecular complexity index is 2160. The zero-order chi connectivity index (χ0) is 30.4. The van der Waals surface area contributed by atoms with Crippen LogP contribution in [-0.4, -0.2) is 19.3 Å². The fraction of sp³-hybridized carbons (Fsp3) is 0.135. The van der Waals surface area contributed by atoms with E-state index >= 15 is 0 Å². The molecule has 0 amide bonds. The van der Waals surface area contributed by atoms with Gasteiger partial charge in [-0.15, -0.1) is 35.7 Å². The summed E-state index contributed by atoms with van der Waals surface area (Å²) in [5.41, 5.74) is 7.38. The van der Waals surface area contributed by atoms with Gasteiger partial charge in [0.15, 0.2) is 0 Å². The Morgan fingerprint density at radius 1 is 0.800 bits per heavy atom. The van der Waals surface area contributed by atoms with E-state index in [1.807, 2.05) is 87.6 Å². The minimum atomic E-state index is -0.686. The first-order valence-electron chi connectivity index (χ1n) is 14.3. The molecule has 0 saturated carbocycles. The van der Waals surface area contributed by atoms with E-state index in [0.717, 1.165) is 44.3 Å². The van der Waals surface area contributed by atoms with Gasteiger partial charge in [0.25, 0.3) is 0 Å². The summed E-state index contributed by atoms with van der Waals surface area (Å²) >= 11 is 0. The predicted octanol–water partition coefficient (Wildman–Crippen LogP) is 9.29. The maximum Gasteiger partial charge on any atom is 2.00 e. The Morgan fingerprint density at radius 2 is 1.56 bits per heavy atom. The molecule has 7 rings (SSSR count). The van der Waals surface area contributed by atoms with Crippen LogP contribution in [0.15, 0.2) is 91.4 Å². The van der Waals surface area contributed by atoms with E-state index in [1.165, 1.54) is 0 Å². The molecule has 0 aliphatic rings. The molecule has 3 heterocycles. The van der Waals surface area contributed by atoms with Gasteiger partial charge in [-0.25, -0.2) is 13.8 Å². The number of aryl methyl sites for hydroxylation is 3. The second-order valence-corrected chi connectivity index (χ2v) is 10.9. The number of rotatable bonds is 7. The molecule has 226 valence electrons. The third-order valence-corrected chi connectivity index (χ3v) is 8.03. The Labute approximate surface area is 274 Å². The Hall–Kier alpha value is -4.61. The first kappa shape index (κ1) is 30.4. The number of aromatic nitrogens is 4. The topological polar surface area (TPSA) is 44.9 Å². The molecule has 7 aromatic rings. The molecule has 0 unspecified atom stereocenters. The number of halogens is 2. The number of para-hydroxylation sites is 1. The van der Waals surface area contributed by atoms with Crippen LogP contribution in [0.4, 0.5) is 8.78 Å². The molecule has 0 fully saturated rings. The number of fused-ring (bicyclic) bond motifs is 3. The van der Waals surface area contributed by atoms with Crippen LogP contribution in [0.3, 0.4) is 0 Å². The molecule has 3 aromatic heterocycles. The van der Waals surface area contributed by atoms with Crippen molar-refractivity contribution >= 4 is 21.8 Å². The molecule has 0 spiro atoms. The van der Waals surface area contributed by atoms with E-state index < -0.39 is 13.3 Å². The number of hydrogen-bond acceptors (Lipinski definition) is 3. The monoisotopic (exact) mass is 777 g/mol. The molecule has 0 atom stereocenters.